The van der Waals surface area contributed by atoms with Crippen molar-refractivity contribution in [1.29, 1.82) is 0 Å². The zero-order chi connectivity index (χ0) is 18.5. The smallest absolute Gasteiger partial charge is 0.335 e. The van der Waals surface area contributed by atoms with Gasteiger partial charge in [-0.2, -0.15) is 0 Å². The number of hydrogen-bond donors (Lipinski definition) is 2. The topological polar surface area (TPSA) is 80.7 Å². The fraction of sp³-hybridized carbons (Fsp3) is 0.200. The van der Waals surface area contributed by atoms with Gasteiger partial charge in [-0.25, -0.2) is 4.79 Å². The van der Waals surface area contributed by atoms with E-state index in [-0.39, 0.29) is 5.56 Å². The molecule has 0 fully saturated rings. The molecule has 0 saturated heterocycles. The Balaban J connectivity index is 1.99. The number of carbonyl (C=O) groups is 1. The molecule has 0 saturated carbocycles. The van der Waals surface area contributed by atoms with E-state index >= 15 is 0 Å². The van der Waals surface area contributed by atoms with E-state index in [1.807, 2.05) is 32.0 Å². The van der Waals surface area contributed by atoms with Gasteiger partial charge in [0.1, 0.15) is 0 Å². The number of aromatic carboxylic acids is 1. The lowest BCUT2D eigenvalue weighted by Gasteiger charge is -2.14. The van der Waals surface area contributed by atoms with E-state index in [0.717, 1.165) is 22.3 Å². The summed E-state index contributed by atoms with van der Waals surface area (Å²) in [5.41, 5.74) is 2.66. The lowest BCUT2D eigenvalue weighted by atomic mass is 10.1. The van der Waals surface area contributed by atoms with E-state index in [1.165, 1.54) is 0 Å². The summed E-state index contributed by atoms with van der Waals surface area (Å²) >= 11 is 0. The fourth-order valence-electron chi connectivity index (χ4n) is 2.65. The highest BCUT2D eigenvalue weighted by molar-refractivity contribution is 5.95. The Morgan fingerprint density at radius 2 is 1.69 bits per heavy atom. The van der Waals surface area contributed by atoms with E-state index in [1.54, 1.807) is 30.5 Å². The second-order valence-electron chi connectivity index (χ2n) is 5.55. The highest BCUT2D eigenvalue weighted by Crippen LogP contribution is 2.35. The van der Waals surface area contributed by atoms with E-state index in [2.05, 4.69) is 10.3 Å². The van der Waals surface area contributed by atoms with Gasteiger partial charge in [0.25, 0.3) is 0 Å². The highest BCUT2D eigenvalue weighted by atomic mass is 16.5. The summed E-state index contributed by atoms with van der Waals surface area (Å²) in [6, 6.07) is 12.2. The third-order valence-corrected chi connectivity index (χ3v) is 3.82. The SMILES string of the molecule is CCOc1cc2nccc(Nc3ccc(C(=O)O)cc3)c2cc1OCC. The molecule has 0 unspecified atom stereocenters. The number of ether oxygens (including phenoxy) is 2. The van der Waals surface area contributed by atoms with Crippen LogP contribution in [0.2, 0.25) is 0 Å². The summed E-state index contributed by atoms with van der Waals surface area (Å²) in [4.78, 5) is 15.4. The van der Waals surface area contributed by atoms with Crippen molar-refractivity contribution in [1.82, 2.24) is 4.98 Å². The van der Waals surface area contributed by atoms with Crippen molar-refractivity contribution in [3.05, 3.63) is 54.2 Å². The molecule has 0 radical (unpaired) electrons. The molecule has 6 nitrogen and oxygen atoms in total. The number of aromatic nitrogens is 1. The molecular formula is C20H20N2O4. The first kappa shape index (κ1) is 17.5. The minimum Gasteiger partial charge on any atom is -0.490 e. The number of fused-ring (bicyclic) bond motifs is 1. The summed E-state index contributed by atoms with van der Waals surface area (Å²) in [6.07, 6.45) is 1.71. The van der Waals surface area contributed by atoms with E-state index in [9.17, 15) is 4.79 Å². The van der Waals surface area contributed by atoms with Crippen LogP contribution in [0.15, 0.2) is 48.7 Å². The van der Waals surface area contributed by atoms with Crippen LogP contribution in [-0.4, -0.2) is 29.3 Å². The minimum absolute atomic E-state index is 0.245. The Bertz CT molecular complexity index is 923. The van der Waals surface area contributed by atoms with Crippen LogP contribution in [0.5, 0.6) is 11.5 Å². The predicted octanol–water partition coefficient (Wildman–Crippen LogP) is 4.47. The number of pyridine rings is 1. The molecule has 3 aromatic rings. The number of benzene rings is 2. The molecule has 6 heteroatoms. The standard InChI is InChI=1S/C20H20N2O4/c1-3-25-18-11-15-16(9-10-21-17(15)12-19(18)26-4-2)22-14-7-5-13(6-8-14)20(23)24/h5-12H,3-4H2,1-2H3,(H,21,22)(H,23,24). The van der Waals surface area contributed by atoms with E-state index in [0.29, 0.717) is 24.7 Å². The Morgan fingerprint density at radius 1 is 1.04 bits per heavy atom. The van der Waals surface area contributed by atoms with Crippen LogP contribution in [0.1, 0.15) is 24.2 Å². The first-order valence-electron chi connectivity index (χ1n) is 8.41. The van der Waals surface area contributed by atoms with Crippen molar-refractivity contribution < 1.29 is 19.4 Å². The zero-order valence-electron chi connectivity index (χ0n) is 14.7. The fourth-order valence-corrected chi connectivity index (χ4v) is 2.65. The minimum atomic E-state index is -0.948. The van der Waals surface area contributed by atoms with Gasteiger partial charge in [-0.15, -0.1) is 0 Å². The first-order valence-corrected chi connectivity index (χ1v) is 8.41. The van der Waals surface area contributed by atoms with Crippen molar-refractivity contribution in [2.75, 3.05) is 18.5 Å². The van der Waals surface area contributed by atoms with Crippen molar-refractivity contribution in [2.24, 2.45) is 0 Å². The van der Waals surface area contributed by atoms with Crippen LogP contribution in [0, 0.1) is 0 Å². The van der Waals surface area contributed by atoms with E-state index in [4.69, 9.17) is 14.6 Å². The van der Waals surface area contributed by atoms with Gasteiger partial charge in [0.2, 0.25) is 0 Å². The van der Waals surface area contributed by atoms with Gasteiger partial charge >= 0.3 is 5.97 Å². The molecule has 3 rings (SSSR count). The number of carboxylic acids is 1. The third-order valence-electron chi connectivity index (χ3n) is 3.82. The Hall–Kier alpha value is -3.28. The predicted molar refractivity (Wildman–Crippen MR) is 101 cm³/mol. The molecule has 0 aliphatic carbocycles. The summed E-state index contributed by atoms with van der Waals surface area (Å²) in [5, 5.41) is 13.2. The Morgan fingerprint density at radius 3 is 2.31 bits per heavy atom. The molecule has 2 N–H and O–H groups in total. The number of carboxylic acid groups (broad SMARTS) is 1. The van der Waals surface area contributed by atoms with Gasteiger partial charge in [-0.05, 0) is 50.2 Å². The molecule has 0 amide bonds. The van der Waals surface area contributed by atoms with Gasteiger partial charge in [0.05, 0.1) is 24.3 Å². The van der Waals surface area contributed by atoms with E-state index < -0.39 is 5.97 Å². The summed E-state index contributed by atoms with van der Waals surface area (Å²) in [6.45, 7) is 4.92. The van der Waals surface area contributed by atoms with Crippen LogP contribution in [0.3, 0.4) is 0 Å². The van der Waals surface area contributed by atoms with Gasteiger partial charge < -0.3 is 19.9 Å². The van der Waals surface area contributed by atoms with Crippen LogP contribution < -0.4 is 14.8 Å². The van der Waals surface area contributed by atoms with Crippen LogP contribution in [0.4, 0.5) is 11.4 Å². The molecule has 0 atom stereocenters. The molecule has 2 aromatic carbocycles. The summed E-state index contributed by atoms with van der Waals surface area (Å²) in [5.74, 6) is 0.382. The highest BCUT2D eigenvalue weighted by Gasteiger charge is 2.11. The number of anilines is 2. The lowest BCUT2D eigenvalue weighted by Crippen LogP contribution is -2.00. The Kier molecular flexibility index (Phi) is 5.22. The average Bonchev–Trinajstić information content (AvgIpc) is 2.63. The molecular weight excluding hydrogens is 332 g/mol. The zero-order valence-corrected chi connectivity index (χ0v) is 14.7. The number of nitrogens with zero attached hydrogens (tertiary/aromatic N) is 1. The molecule has 26 heavy (non-hydrogen) atoms. The average molecular weight is 352 g/mol. The van der Waals surface area contributed by atoms with Crippen molar-refractivity contribution >= 4 is 28.2 Å². The monoisotopic (exact) mass is 352 g/mol. The largest absolute Gasteiger partial charge is 0.490 e. The van der Waals surface area contributed by atoms with Crippen molar-refractivity contribution in [2.45, 2.75) is 13.8 Å². The normalized spacial score (nSPS) is 10.5. The van der Waals surface area contributed by atoms with Gasteiger partial charge in [0.15, 0.2) is 11.5 Å². The molecule has 0 aliphatic rings. The number of rotatable bonds is 7. The third kappa shape index (κ3) is 3.69. The maximum absolute atomic E-state index is 11.0. The second kappa shape index (κ2) is 7.74. The van der Waals surface area contributed by atoms with Gasteiger partial charge in [-0.3, -0.25) is 4.98 Å². The molecule has 0 aliphatic heterocycles. The van der Waals surface area contributed by atoms with Crippen LogP contribution >= 0.6 is 0 Å². The number of hydrogen-bond acceptors (Lipinski definition) is 5. The molecule has 134 valence electrons. The second-order valence-corrected chi connectivity index (χ2v) is 5.55. The molecule has 0 spiro atoms. The molecule has 1 aromatic heterocycles. The first-order chi connectivity index (χ1) is 12.6. The van der Waals surface area contributed by atoms with Gasteiger partial charge in [0, 0.05) is 29.0 Å². The van der Waals surface area contributed by atoms with Gasteiger partial charge in [-0.1, -0.05) is 0 Å². The maximum atomic E-state index is 11.0. The van der Waals surface area contributed by atoms with Crippen molar-refractivity contribution in [3.63, 3.8) is 0 Å². The van der Waals surface area contributed by atoms with Crippen LogP contribution in [0.25, 0.3) is 10.9 Å². The summed E-state index contributed by atoms with van der Waals surface area (Å²) < 4.78 is 11.3. The molecule has 0 bridgehead atoms. The quantitative estimate of drug-likeness (QED) is 0.653. The molecule has 1 heterocycles. The number of nitrogens with one attached hydrogen (secondary N) is 1. The van der Waals surface area contributed by atoms with Crippen molar-refractivity contribution in [3.8, 4) is 11.5 Å². The summed E-state index contributed by atoms with van der Waals surface area (Å²) in [7, 11) is 0. The lowest BCUT2D eigenvalue weighted by molar-refractivity contribution is 0.0697. The van der Waals surface area contributed by atoms with Crippen LogP contribution in [-0.2, 0) is 0 Å². The Labute approximate surface area is 151 Å². The maximum Gasteiger partial charge on any atom is 0.335 e.